The third kappa shape index (κ3) is 3.06. The van der Waals surface area contributed by atoms with Crippen molar-refractivity contribution in [2.45, 2.75) is 71.9 Å². The minimum atomic E-state index is -0.0975. The summed E-state index contributed by atoms with van der Waals surface area (Å²) in [5.41, 5.74) is 3.52. The molecule has 128 valence electrons. The average molecular weight is 318 g/mol. The number of carbonyl (C=O) groups excluding carboxylic acids is 1. The molecule has 4 heteroatoms. The third-order valence-electron chi connectivity index (χ3n) is 6.25. The van der Waals surface area contributed by atoms with Crippen molar-refractivity contribution in [1.82, 2.24) is 9.47 Å². The van der Waals surface area contributed by atoms with Crippen molar-refractivity contribution in [3.05, 3.63) is 23.0 Å². The molecule has 2 aliphatic rings. The number of amides is 1. The number of aliphatic hydroxyl groups excluding tert-OH is 1. The molecule has 1 aliphatic carbocycles. The Labute approximate surface area is 139 Å². The number of hydrogen-bond donors (Lipinski definition) is 1. The van der Waals surface area contributed by atoms with Crippen LogP contribution < -0.4 is 0 Å². The molecule has 1 spiro atoms. The molecule has 2 heterocycles. The van der Waals surface area contributed by atoms with Gasteiger partial charge in [-0.05, 0) is 70.8 Å². The maximum atomic E-state index is 12.9. The van der Waals surface area contributed by atoms with Crippen molar-refractivity contribution < 1.29 is 9.90 Å². The Hall–Kier alpha value is -1.29. The molecule has 4 nitrogen and oxygen atoms in total. The summed E-state index contributed by atoms with van der Waals surface area (Å²) in [6, 6.07) is 2.04. The van der Waals surface area contributed by atoms with Crippen LogP contribution in [0.4, 0.5) is 0 Å². The van der Waals surface area contributed by atoms with E-state index < -0.39 is 0 Å². The Bertz CT molecular complexity index is 572. The highest BCUT2D eigenvalue weighted by molar-refractivity contribution is 5.95. The van der Waals surface area contributed by atoms with Gasteiger partial charge in [0, 0.05) is 31.0 Å². The number of piperidine rings is 1. The first-order chi connectivity index (χ1) is 11.0. The Kier molecular flexibility index (Phi) is 4.54. The molecule has 1 aliphatic heterocycles. The first-order valence-electron chi connectivity index (χ1n) is 9.10. The quantitative estimate of drug-likeness (QED) is 0.909. The molecule has 3 rings (SSSR count). The standard InChI is InChI=1S/C19H30N2O2/c1-4-21-14(2)13-17(15(21)3)18(23)20-11-9-19(10-12-20)7-5-16(22)6-8-19/h13,16,22H,4-12H2,1-3H3. The van der Waals surface area contributed by atoms with E-state index in [4.69, 9.17) is 0 Å². The smallest absolute Gasteiger partial charge is 0.255 e. The van der Waals surface area contributed by atoms with Crippen LogP contribution in [0.15, 0.2) is 6.07 Å². The lowest BCUT2D eigenvalue weighted by molar-refractivity contribution is 0.0168. The van der Waals surface area contributed by atoms with Gasteiger partial charge in [-0.25, -0.2) is 0 Å². The largest absolute Gasteiger partial charge is 0.393 e. The van der Waals surface area contributed by atoms with Gasteiger partial charge in [0.15, 0.2) is 0 Å². The summed E-state index contributed by atoms with van der Waals surface area (Å²) in [6.07, 6.45) is 6.22. The van der Waals surface area contributed by atoms with E-state index in [0.29, 0.717) is 5.41 Å². The molecule has 1 aromatic heterocycles. The van der Waals surface area contributed by atoms with Crippen molar-refractivity contribution in [1.29, 1.82) is 0 Å². The van der Waals surface area contributed by atoms with Gasteiger partial charge in [-0.3, -0.25) is 4.79 Å². The topological polar surface area (TPSA) is 45.5 Å². The highest BCUT2D eigenvalue weighted by Gasteiger charge is 2.39. The molecular weight excluding hydrogens is 288 g/mol. The number of aliphatic hydroxyl groups is 1. The van der Waals surface area contributed by atoms with Gasteiger partial charge in [0.2, 0.25) is 0 Å². The van der Waals surface area contributed by atoms with Crippen molar-refractivity contribution >= 4 is 5.91 Å². The first-order valence-corrected chi connectivity index (χ1v) is 9.10. The Morgan fingerprint density at radius 2 is 1.83 bits per heavy atom. The molecule has 23 heavy (non-hydrogen) atoms. The molecule has 0 aromatic carbocycles. The van der Waals surface area contributed by atoms with Gasteiger partial charge in [0.25, 0.3) is 5.91 Å². The highest BCUT2D eigenvalue weighted by Crippen LogP contribution is 2.44. The second-order valence-electron chi connectivity index (χ2n) is 7.55. The van der Waals surface area contributed by atoms with Gasteiger partial charge < -0.3 is 14.6 Å². The van der Waals surface area contributed by atoms with Crippen LogP contribution >= 0.6 is 0 Å². The van der Waals surface area contributed by atoms with Crippen LogP contribution in [0.1, 0.15) is 67.2 Å². The number of nitrogens with zero attached hydrogens (tertiary/aromatic N) is 2. The van der Waals surface area contributed by atoms with Crippen LogP contribution in [-0.4, -0.2) is 39.7 Å². The summed E-state index contributed by atoms with van der Waals surface area (Å²) < 4.78 is 2.21. The molecule has 0 radical (unpaired) electrons. The predicted molar refractivity (Wildman–Crippen MR) is 91.6 cm³/mol. The fourth-order valence-electron chi connectivity index (χ4n) is 4.57. The van der Waals surface area contributed by atoms with Gasteiger partial charge >= 0.3 is 0 Å². The van der Waals surface area contributed by atoms with E-state index in [0.717, 1.165) is 69.4 Å². The lowest BCUT2D eigenvalue weighted by Crippen LogP contribution is -2.45. The van der Waals surface area contributed by atoms with E-state index in [1.54, 1.807) is 0 Å². The molecule has 1 saturated heterocycles. The van der Waals surface area contributed by atoms with E-state index >= 15 is 0 Å². The minimum absolute atomic E-state index is 0.0975. The summed E-state index contributed by atoms with van der Waals surface area (Å²) in [5.74, 6) is 0.198. The highest BCUT2D eigenvalue weighted by atomic mass is 16.3. The fourth-order valence-corrected chi connectivity index (χ4v) is 4.57. The van der Waals surface area contributed by atoms with E-state index in [1.807, 2.05) is 11.0 Å². The van der Waals surface area contributed by atoms with Crippen molar-refractivity contribution in [2.24, 2.45) is 5.41 Å². The van der Waals surface area contributed by atoms with Crippen LogP contribution in [0.25, 0.3) is 0 Å². The number of rotatable bonds is 2. The molecule has 1 aromatic rings. The van der Waals surface area contributed by atoms with E-state index in [9.17, 15) is 9.90 Å². The number of aromatic nitrogens is 1. The molecule has 1 N–H and O–H groups in total. The summed E-state index contributed by atoms with van der Waals surface area (Å²) in [6.45, 7) is 8.89. The van der Waals surface area contributed by atoms with Crippen LogP contribution in [0, 0.1) is 19.3 Å². The predicted octanol–water partition coefficient (Wildman–Crippen LogP) is 3.28. The van der Waals surface area contributed by atoms with Crippen molar-refractivity contribution in [3.63, 3.8) is 0 Å². The second-order valence-corrected chi connectivity index (χ2v) is 7.55. The summed E-state index contributed by atoms with van der Waals surface area (Å²) in [7, 11) is 0. The van der Waals surface area contributed by atoms with E-state index in [-0.39, 0.29) is 12.0 Å². The monoisotopic (exact) mass is 318 g/mol. The maximum absolute atomic E-state index is 12.9. The maximum Gasteiger partial charge on any atom is 0.255 e. The molecule has 0 bridgehead atoms. The van der Waals surface area contributed by atoms with E-state index in [1.165, 1.54) is 5.69 Å². The van der Waals surface area contributed by atoms with Crippen LogP contribution in [0.2, 0.25) is 0 Å². The molecular formula is C19H30N2O2. The Morgan fingerprint density at radius 3 is 2.35 bits per heavy atom. The van der Waals surface area contributed by atoms with Gasteiger partial charge in [-0.15, -0.1) is 0 Å². The zero-order valence-corrected chi connectivity index (χ0v) is 14.8. The van der Waals surface area contributed by atoms with Crippen LogP contribution in [0.3, 0.4) is 0 Å². The Morgan fingerprint density at radius 1 is 1.22 bits per heavy atom. The minimum Gasteiger partial charge on any atom is -0.393 e. The SMILES string of the molecule is CCn1c(C)cc(C(=O)N2CCC3(CCC(O)CC3)CC2)c1C. The molecule has 1 saturated carbocycles. The number of likely N-dealkylation sites (tertiary alicyclic amines) is 1. The lowest BCUT2D eigenvalue weighted by atomic mass is 9.67. The summed E-state index contributed by atoms with van der Waals surface area (Å²) >= 11 is 0. The van der Waals surface area contributed by atoms with Gasteiger partial charge in [0.1, 0.15) is 0 Å². The zero-order valence-electron chi connectivity index (χ0n) is 14.8. The summed E-state index contributed by atoms with van der Waals surface area (Å²) in [5, 5.41) is 9.73. The molecule has 2 fully saturated rings. The zero-order chi connectivity index (χ0) is 16.6. The average Bonchev–Trinajstić information content (AvgIpc) is 2.85. The molecule has 1 amide bonds. The first kappa shape index (κ1) is 16.6. The van der Waals surface area contributed by atoms with Crippen molar-refractivity contribution in [3.8, 4) is 0 Å². The number of hydrogen-bond acceptors (Lipinski definition) is 2. The van der Waals surface area contributed by atoms with Gasteiger partial charge in [-0.1, -0.05) is 0 Å². The number of aryl methyl sites for hydroxylation is 1. The van der Waals surface area contributed by atoms with Gasteiger partial charge in [0.05, 0.1) is 11.7 Å². The molecule has 0 unspecified atom stereocenters. The third-order valence-corrected chi connectivity index (χ3v) is 6.25. The van der Waals surface area contributed by atoms with Gasteiger partial charge in [-0.2, -0.15) is 0 Å². The lowest BCUT2D eigenvalue weighted by Gasteiger charge is -2.45. The normalized spacial score (nSPS) is 21.8. The van der Waals surface area contributed by atoms with Crippen LogP contribution in [-0.2, 0) is 6.54 Å². The molecule has 0 atom stereocenters. The summed E-state index contributed by atoms with van der Waals surface area (Å²) in [4.78, 5) is 14.9. The van der Waals surface area contributed by atoms with E-state index in [2.05, 4.69) is 25.3 Å². The fraction of sp³-hybridized carbons (Fsp3) is 0.737. The second kappa shape index (κ2) is 6.31. The van der Waals surface area contributed by atoms with Crippen molar-refractivity contribution in [2.75, 3.05) is 13.1 Å². The number of carbonyl (C=O) groups is 1. The van der Waals surface area contributed by atoms with Crippen LogP contribution in [0.5, 0.6) is 0 Å². The Balaban J connectivity index is 1.67.